The predicted molar refractivity (Wildman–Crippen MR) is 329 cm³/mol. The molecule has 9 rings (SSSR count). The van der Waals surface area contributed by atoms with Crippen LogP contribution in [0.5, 0.6) is 0 Å². The summed E-state index contributed by atoms with van der Waals surface area (Å²) in [6.07, 6.45) is 2.05. The molecular formula is C64H73F5N8O9S3. The maximum atomic E-state index is 14.5. The molecule has 0 saturated carbocycles. The number of benzene rings is 4. The Kier molecular flexibility index (Phi) is 21.1. The number of hydrogen-bond acceptors (Lipinski definition) is 14. The van der Waals surface area contributed by atoms with Crippen molar-refractivity contribution in [3.8, 4) is 11.8 Å². The minimum atomic E-state index is -6.18. The normalized spacial score (nSPS) is 18.9. The Hall–Kier alpha value is -7.11. The summed E-state index contributed by atoms with van der Waals surface area (Å²) in [6.45, 7) is 13.7. The van der Waals surface area contributed by atoms with Crippen LogP contribution in [0.1, 0.15) is 110 Å². The zero-order valence-electron chi connectivity index (χ0n) is 49.7. The number of anilines is 2. The number of piperazine rings is 2. The Morgan fingerprint density at radius 2 is 1.55 bits per heavy atom. The average Bonchev–Trinajstić information content (AvgIpc) is 1.85. The number of nitrogens with zero attached hydrogens (tertiary/aromatic N) is 5. The lowest BCUT2D eigenvalue weighted by atomic mass is 9.73. The third kappa shape index (κ3) is 16.6. The third-order valence-corrected chi connectivity index (χ3v) is 21.1. The summed E-state index contributed by atoms with van der Waals surface area (Å²) < 4.78 is 126. The fraction of sp³-hybridized carbons (Fsp3) is 0.453. The molecular weight excluding hydrogens is 1220 g/mol. The summed E-state index contributed by atoms with van der Waals surface area (Å²) in [5.41, 5.74) is -1.36. The fourth-order valence-electron chi connectivity index (χ4n) is 11.8. The van der Waals surface area contributed by atoms with Gasteiger partial charge in [0.25, 0.3) is 38.1 Å². The molecule has 0 radical (unpaired) electrons. The number of hydrogen-bond donors (Lipinski definition) is 3. The molecule has 2 atom stereocenters. The molecule has 1 aliphatic carbocycles. The minimum absolute atomic E-state index is 0.0550. The zero-order chi connectivity index (χ0) is 63.8. The van der Waals surface area contributed by atoms with Crippen molar-refractivity contribution in [3.63, 3.8) is 0 Å². The molecule has 89 heavy (non-hydrogen) atoms. The second-order valence-corrected chi connectivity index (χ2v) is 28.6. The van der Waals surface area contributed by atoms with Gasteiger partial charge in [-0.15, -0.1) is 11.8 Å². The van der Waals surface area contributed by atoms with E-state index in [2.05, 4.69) is 57.6 Å². The molecule has 4 heterocycles. The highest BCUT2D eigenvalue weighted by atomic mass is 32.2. The van der Waals surface area contributed by atoms with Crippen LogP contribution in [0.25, 0.3) is 0 Å². The predicted octanol–water partition coefficient (Wildman–Crippen LogP) is 9.03. The van der Waals surface area contributed by atoms with E-state index in [1.165, 1.54) is 39.9 Å². The Labute approximate surface area is 520 Å². The fourth-order valence-corrected chi connectivity index (χ4v) is 14.9. The van der Waals surface area contributed by atoms with Gasteiger partial charge in [-0.05, 0) is 128 Å². The SMILES string of the molecule is C=C(CCC1=C(CN2CCN(c3ccc(C(=O)NS(=O)(=O)c4ccc(N[C@H](CCN5CCN(C(=O)CCC#Cc6cccc7c6CN(C6CCC(=O)NC6=O)C7=O)CC5)CSc5ccccc5)c(S(=O)(=O)C(F)(F)F)c4)cc3)CC2)CCC(C)(C)C1)C(F)F. The van der Waals surface area contributed by atoms with Crippen molar-refractivity contribution in [2.75, 3.05) is 81.4 Å². The van der Waals surface area contributed by atoms with Gasteiger partial charge < -0.3 is 20.0 Å². The van der Waals surface area contributed by atoms with Crippen LogP contribution in [-0.4, -0.2) is 161 Å². The summed E-state index contributed by atoms with van der Waals surface area (Å²) in [7, 11) is -11.1. The number of rotatable bonds is 22. The van der Waals surface area contributed by atoms with Gasteiger partial charge in [-0.1, -0.05) is 67.7 Å². The van der Waals surface area contributed by atoms with E-state index in [1.54, 1.807) is 35.2 Å². The van der Waals surface area contributed by atoms with Gasteiger partial charge in [0.15, 0.2) is 0 Å². The second-order valence-electron chi connectivity index (χ2n) is 23.9. The Morgan fingerprint density at radius 1 is 0.843 bits per heavy atom. The lowest BCUT2D eigenvalue weighted by Crippen LogP contribution is -2.52. The molecule has 25 heteroatoms. The summed E-state index contributed by atoms with van der Waals surface area (Å²) in [5.74, 6) is 3.98. The lowest BCUT2D eigenvalue weighted by molar-refractivity contribution is -0.137. The van der Waals surface area contributed by atoms with Crippen LogP contribution >= 0.6 is 11.8 Å². The van der Waals surface area contributed by atoms with E-state index in [1.807, 2.05) is 35.1 Å². The van der Waals surface area contributed by atoms with Gasteiger partial charge in [-0.2, -0.15) is 13.2 Å². The number of piperidine rings is 1. The summed E-state index contributed by atoms with van der Waals surface area (Å²) in [6, 6.07) is 21.3. The molecule has 1 unspecified atom stereocenters. The van der Waals surface area contributed by atoms with Gasteiger partial charge in [-0.25, -0.2) is 30.3 Å². The molecule has 5 aliphatic rings. The third-order valence-electron chi connectivity index (χ3n) is 17.1. The van der Waals surface area contributed by atoms with Crippen molar-refractivity contribution in [3.05, 3.63) is 137 Å². The average molecular weight is 1290 g/mol. The number of allylic oxidation sites excluding steroid dienone is 2. The number of imide groups is 1. The summed E-state index contributed by atoms with van der Waals surface area (Å²) >= 11 is 1.38. The van der Waals surface area contributed by atoms with Gasteiger partial charge in [0.05, 0.1) is 10.6 Å². The monoisotopic (exact) mass is 1290 g/mol. The van der Waals surface area contributed by atoms with Crippen molar-refractivity contribution >= 4 is 72.5 Å². The Morgan fingerprint density at radius 3 is 2.24 bits per heavy atom. The number of halogens is 5. The maximum absolute atomic E-state index is 14.5. The molecule has 3 fully saturated rings. The highest BCUT2D eigenvalue weighted by Crippen LogP contribution is 2.42. The van der Waals surface area contributed by atoms with Gasteiger partial charge in [0.1, 0.15) is 10.9 Å². The van der Waals surface area contributed by atoms with Crippen molar-refractivity contribution in [1.82, 2.24) is 29.6 Å². The number of nitrogens with one attached hydrogen (secondary N) is 3. The molecule has 476 valence electrons. The van der Waals surface area contributed by atoms with E-state index in [0.29, 0.717) is 94.5 Å². The highest BCUT2D eigenvalue weighted by Gasteiger charge is 2.49. The molecule has 3 saturated heterocycles. The van der Waals surface area contributed by atoms with E-state index in [-0.39, 0.29) is 78.7 Å². The standard InChI is InChI=1S/C64H73F5N8O9S3/c1-43(59(65)66)16-17-46-39-63(2,3)28-26-47(46)40-74-32-34-75(35-33-74)49-20-18-45(19-21-49)60(80)72-89(85,86)51-22-23-54(56(38-51)88(83,84)64(67,68)69)70-48(42-87-50-12-5-4-6-13-50)27-29-73-30-36-76(37-31-73)58(79)15-8-7-10-44-11-9-14-52-53(44)41-77(62(52)82)55-24-25-57(78)71-61(55)81/h4-6,9,11-14,18-23,38,48,55,59,70H,1,8,15-17,24-37,39-42H2,2-3H3,(H,72,80)(H,71,78,81)/t48-,55?/m1/s1. The van der Waals surface area contributed by atoms with Crippen LogP contribution in [-0.2, 0) is 40.8 Å². The summed E-state index contributed by atoms with van der Waals surface area (Å²) in [5, 5.41) is 5.28. The zero-order valence-corrected chi connectivity index (χ0v) is 52.1. The van der Waals surface area contributed by atoms with Crippen molar-refractivity contribution in [1.29, 1.82) is 0 Å². The largest absolute Gasteiger partial charge is 0.501 e. The Balaban J connectivity index is 0.797. The first-order valence-corrected chi connectivity index (χ1v) is 33.7. The lowest BCUT2D eigenvalue weighted by Gasteiger charge is -2.39. The van der Waals surface area contributed by atoms with E-state index in [4.69, 9.17) is 0 Å². The number of sulfone groups is 1. The molecule has 0 spiro atoms. The first-order valence-electron chi connectivity index (χ1n) is 29.7. The number of amides is 5. The molecule has 17 nitrogen and oxygen atoms in total. The quantitative estimate of drug-likeness (QED) is 0.0221. The Bertz CT molecular complexity index is 3650. The van der Waals surface area contributed by atoms with Crippen molar-refractivity contribution in [2.24, 2.45) is 5.41 Å². The number of fused-ring (bicyclic) bond motifs is 1. The van der Waals surface area contributed by atoms with E-state index in [9.17, 15) is 62.8 Å². The molecule has 0 bridgehead atoms. The van der Waals surface area contributed by atoms with Crippen molar-refractivity contribution < 1.29 is 62.8 Å². The number of thioether (sulfide) groups is 1. The van der Waals surface area contributed by atoms with Gasteiger partial charge in [0.2, 0.25) is 17.7 Å². The minimum Gasteiger partial charge on any atom is -0.380 e. The first-order chi connectivity index (χ1) is 42.2. The molecule has 4 aromatic carbocycles. The van der Waals surface area contributed by atoms with Crippen LogP contribution in [0.4, 0.5) is 33.3 Å². The first kappa shape index (κ1) is 66.3. The van der Waals surface area contributed by atoms with Crippen LogP contribution in [0.15, 0.2) is 129 Å². The van der Waals surface area contributed by atoms with Crippen LogP contribution in [0.2, 0.25) is 0 Å². The number of sulfonamides is 1. The van der Waals surface area contributed by atoms with Crippen LogP contribution < -0.4 is 20.3 Å². The molecule has 4 aliphatic heterocycles. The highest BCUT2D eigenvalue weighted by molar-refractivity contribution is 7.99. The van der Waals surface area contributed by atoms with E-state index >= 15 is 0 Å². The van der Waals surface area contributed by atoms with Crippen LogP contribution in [0, 0.1) is 17.3 Å². The number of carbonyl (C=O) groups is 5. The van der Waals surface area contributed by atoms with Gasteiger partial charge in [0, 0.05) is 130 Å². The maximum Gasteiger partial charge on any atom is 0.501 e. The number of carbonyl (C=O) groups excluding carboxylic acids is 5. The molecule has 5 amide bonds. The molecule has 0 aromatic heterocycles. The molecule has 3 N–H and O–H groups in total. The van der Waals surface area contributed by atoms with Crippen LogP contribution in [0.3, 0.4) is 0 Å². The number of alkyl halides is 5. The summed E-state index contributed by atoms with van der Waals surface area (Å²) in [4.78, 5) is 72.7. The second kappa shape index (κ2) is 28.4. The van der Waals surface area contributed by atoms with Crippen molar-refractivity contribution in [2.45, 2.75) is 123 Å². The van der Waals surface area contributed by atoms with Gasteiger partial charge >= 0.3 is 5.51 Å². The van der Waals surface area contributed by atoms with Gasteiger partial charge in [-0.3, -0.25) is 39.1 Å². The van der Waals surface area contributed by atoms with E-state index < -0.39 is 71.2 Å². The molecule has 4 aromatic rings. The smallest absolute Gasteiger partial charge is 0.380 e. The van der Waals surface area contributed by atoms with E-state index in [0.717, 1.165) is 48.5 Å². The topological polar surface area (TPSA) is 206 Å².